The van der Waals surface area contributed by atoms with E-state index in [9.17, 15) is 0 Å². The fraction of sp³-hybridized carbons (Fsp3) is 0.333. The van der Waals surface area contributed by atoms with Crippen LogP contribution >= 0.6 is 0 Å². The van der Waals surface area contributed by atoms with Gasteiger partial charge >= 0.3 is 0 Å². The van der Waals surface area contributed by atoms with Crippen molar-refractivity contribution in [1.82, 2.24) is 5.32 Å². The Morgan fingerprint density at radius 3 is 3.00 bits per heavy atom. The van der Waals surface area contributed by atoms with Crippen LogP contribution in [0.25, 0.3) is 0 Å². The molecular formula is C12H17N. The van der Waals surface area contributed by atoms with Crippen LogP contribution in [-0.4, -0.2) is 6.54 Å². The molecule has 0 atom stereocenters. The molecule has 13 heavy (non-hydrogen) atoms. The molecule has 0 aromatic heterocycles. The van der Waals surface area contributed by atoms with Crippen LogP contribution in [0.4, 0.5) is 0 Å². The molecule has 0 unspecified atom stereocenters. The minimum Gasteiger partial charge on any atom is -0.312 e. The average Bonchev–Trinajstić information content (AvgIpc) is 2.13. The maximum absolute atomic E-state index is 3.68. The zero-order valence-electron chi connectivity index (χ0n) is 8.22. The largest absolute Gasteiger partial charge is 0.312 e. The Hall–Kier alpha value is -1.08. The Balaban J connectivity index is 2.32. The third kappa shape index (κ3) is 3.90. The Morgan fingerprint density at radius 2 is 2.31 bits per heavy atom. The van der Waals surface area contributed by atoms with Crippen LogP contribution in [0.1, 0.15) is 17.5 Å². The first-order chi connectivity index (χ1) is 6.33. The van der Waals surface area contributed by atoms with E-state index < -0.39 is 0 Å². The van der Waals surface area contributed by atoms with Gasteiger partial charge in [-0.1, -0.05) is 35.9 Å². The number of aryl methyl sites for hydroxylation is 1. The van der Waals surface area contributed by atoms with E-state index in [0.717, 1.165) is 19.5 Å². The first kappa shape index (κ1) is 10.0. The summed E-state index contributed by atoms with van der Waals surface area (Å²) in [6.07, 6.45) is 2.97. The molecule has 0 saturated carbocycles. The lowest BCUT2D eigenvalue weighted by atomic mass is 10.1. The highest BCUT2D eigenvalue weighted by Gasteiger charge is 1.91. The third-order valence-corrected chi connectivity index (χ3v) is 1.94. The summed E-state index contributed by atoms with van der Waals surface area (Å²) in [7, 11) is 0. The predicted molar refractivity (Wildman–Crippen MR) is 57.7 cm³/mol. The second-order valence-electron chi connectivity index (χ2n) is 3.24. The summed E-state index contributed by atoms with van der Waals surface area (Å²) >= 11 is 0. The van der Waals surface area contributed by atoms with E-state index in [-0.39, 0.29) is 0 Å². The molecule has 0 fully saturated rings. The quantitative estimate of drug-likeness (QED) is 0.536. The molecule has 0 radical (unpaired) electrons. The first-order valence-corrected chi connectivity index (χ1v) is 4.70. The molecule has 0 aliphatic carbocycles. The van der Waals surface area contributed by atoms with Crippen molar-refractivity contribution in [3.05, 3.63) is 48.0 Å². The van der Waals surface area contributed by atoms with E-state index in [1.54, 1.807) is 0 Å². The van der Waals surface area contributed by atoms with E-state index in [2.05, 4.69) is 43.1 Å². The van der Waals surface area contributed by atoms with Gasteiger partial charge in [0.1, 0.15) is 0 Å². The normalized spacial score (nSPS) is 9.92. The summed E-state index contributed by atoms with van der Waals surface area (Å²) in [5, 5.41) is 3.36. The molecule has 0 bridgehead atoms. The van der Waals surface area contributed by atoms with Gasteiger partial charge in [-0.15, -0.1) is 6.58 Å². The van der Waals surface area contributed by atoms with Gasteiger partial charge in [-0.25, -0.2) is 0 Å². The summed E-state index contributed by atoms with van der Waals surface area (Å²) in [5.41, 5.74) is 2.67. The van der Waals surface area contributed by atoms with Gasteiger partial charge < -0.3 is 5.32 Å². The second-order valence-corrected chi connectivity index (χ2v) is 3.24. The van der Waals surface area contributed by atoms with Gasteiger partial charge in [0.05, 0.1) is 0 Å². The number of rotatable bonds is 5. The molecule has 1 aromatic rings. The standard InChI is InChI=1S/C12H17N/c1-3-4-8-13-10-12-7-5-6-11(2)9-12/h3,5-7,9,13H,1,4,8,10H2,2H3. The molecule has 0 spiro atoms. The van der Waals surface area contributed by atoms with Crippen LogP contribution in [-0.2, 0) is 6.54 Å². The average molecular weight is 175 g/mol. The van der Waals surface area contributed by atoms with Crippen molar-refractivity contribution in [2.75, 3.05) is 6.54 Å². The van der Waals surface area contributed by atoms with E-state index in [1.165, 1.54) is 11.1 Å². The van der Waals surface area contributed by atoms with Crippen molar-refractivity contribution in [3.63, 3.8) is 0 Å². The highest BCUT2D eigenvalue weighted by Crippen LogP contribution is 2.02. The monoisotopic (exact) mass is 175 g/mol. The summed E-state index contributed by atoms with van der Waals surface area (Å²) in [6, 6.07) is 8.57. The second kappa shape index (κ2) is 5.55. The van der Waals surface area contributed by atoms with Crippen LogP contribution in [0.3, 0.4) is 0 Å². The topological polar surface area (TPSA) is 12.0 Å². The molecular weight excluding hydrogens is 158 g/mol. The number of benzene rings is 1. The zero-order chi connectivity index (χ0) is 9.52. The van der Waals surface area contributed by atoms with Crippen molar-refractivity contribution >= 4 is 0 Å². The molecule has 1 aromatic carbocycles. The molecule has 1 rings (SSSR count). The molecule has 0 heterocycles. The van der Waals surface area contributed by atoms with Crippen molar-refractivity contribution in [2.24, 2.45) is 0 Å². The van der Waals surface area contributed by atoms with Crippen molar-refractivity contribution < 1.29 is 0 Å². The van der Waals surface area contributed by atoms with Crippen LogP contribution < -0.4 is 5.32 Å². The van der Waals surface area contributed by atoms with Gasteiger partial charge in [0.25, 0.3) is 0 Å². The van der Waals surface area contributed by atoms with Gasteiger partial charge in [0, 0.05) is 6.54 Å². The Bertz CT molecular complexity index is 266. The summed E-state index contributed by atoms with van der Waals surface area (Å²) in [5.74, 6) is 0. The third-order valence-electron chi connectivity index (χ3n) is 1.94. The van der Waals surface area contributed by atoms with Gasteiger partial charge in [-0.3, -0.25) is 0 Å². The molecule has 1 N–H and O–H groups in total. The van der Waals surface area contributed by atoms with Crippen LogP contribution in [0.5, 0.6) is 0 Å². The summed E-state index contributed by atoms with van der Waals surface area (Å²) in [6.45, 7) is 7.76. The smallest absolute Gasteiger partial charge is 0.0205 e. The Morgan fingerprint density at radius 1 is 1.46 bits per heavy atom. The van der Waals surface area contributed by atoms with Gasteiger partial charge in [0.15, 0.2) is 0 Å². The molecule has 0 aliphatic heterocycles. The van der Waals surface area contributed by atoms with Gasteiger partial charge in [-0.2, -0.15) is 0 Å². The molecule has 1 heteroatoms. The molecule has 0 saturated heterocycles. The van der Waals surface area contributed by atoms with Gasteiger partial charge in [0.2, 0.25) is 0 Å². The minimum atomic E-state index is 0.954. The highest BCUT2D eigenvalue weighted by molar-refractivity contribution is 5.21. The lowest BCUT2D eigenvalue weighted by Gasteiger charge is -2.03. The molecule has 0 amide bonds. The number of hydrogen-bond donors (Lipinski definition) is 1. The predicted octanol–water partition coefficient (Wildman–Crippen LogP) is 2.66. The number of hydrogen-bond acceptors (Lipinski definition) is 1. The van der Waals surface area contributed by atoms with Crippen molar-refractivity contribution in [1.29, 1.82) is 0 Å². The van der Waals surface area contributed by atoms with E-state index in [0.29, 0.717) is 0 Å². The lowest BCUT2D eigenvalue weighted by Crippen LogP contribution is -2.13. The van der Waals surface area contributed by atoms with E-state index in [1.807, 2.05) is 6.08 Å². The van der Waals surface area contributed by atoms with Crippen molar-refractivity contribution in [3.8, 4) is 0 Å². The first-order valence-electron chi connectivity index (χ1n) is 4.70. The van der Waals surface area contributed by atoms with Crippen LogP contribution in [0.15, 0.2) is 36.9 Å². The molecule has 70 valence electrons. The number of nitrogens with one attached hydrogen (secondary N) is 1. The maximum atomic E-state index is 3.68. The Kier molecular flexibility index (Phi) is 4.27. The van der Waals surface area contributed by atoms with Crippen LogP contribution in [0, 0.1) is 6.92 Å². The molecule has 0 aliphatic rings. The highest BCUT2D eigenvalue weighted by atomic mass is 14.8. The fourth-order valence-corrected chi connectivity index (χ4v) is 1.26. The minimum absolute atomic E-state index is 0.954. The van der Waals surface area contributed by atoms with Crippen molar-refractivity contribution in [2.45, 2.75) is 19.9 Å². The van der Waals surface area contributed by atoms with E-state index >= 15 is 0 Å². The fourth-order valence-electron chi connectivity index (χ4n) is 1.26. The molecule has 1 nitrogen and oxygen atoms in total. The SMILES string of the molecule is C=CCCNCc1cccc(C)c1. The van der Waals surface area contributed by atoms with Gasteiger partial charge in [-0.05, 0) is 25.5 Å². The summed E-state index contributed by atoms with van der Waals surface area (Å²) < 4.78 is 0. The maximum Gasteiger partial charge on any atom is 0.0205 e. The van der Waals surface area contributed by atoms with Crippen LogP contribution in [0.2, 0.25) is 0 Å². The Labute approximate surface area is 80.5 Å². The zero-order valence-corrected chi connectivity index (χ0v) is 8.22. The van der Waals surface area contributed by atoms with E-state index in [4.69, 9.17) is 0 Å². The summed E-state index contributed by atoms with van der Waals surface area (Å²) in [4.78, 5) is 0. The lowest BCUT2D eigenvalue weighted by molar-refractivity contribution is 0.695.